The van der Waals surface area contributed by atoms with Gasteiger partial charge in [0.05, 0.1) is 16.9 Å². The Bertz CT molecular complexity index is 631. The Morgan fingerprint density at radius 3 is 2.76 bits per heavy atom. The first-order valence-electron chi connectivity index (χ1n) is 6.87. The molecule has 1 amide bonds. The van der Waals surface area contributed by atoms with Gasteiger partial charge in [-0.05, 0) is 13.0 Å². The van der Waals surface area contributed by atoms with E-state index in [1.807, 2.05) is 12.3 Å². The van der Waals surface area contributed by atoms with Crippen LogP contribution >= 0.6 is 11.3 Å². The number of carbonyl (C=O) groups is 1. The van der Waals surface area contributed by atoms with Crippen LogP contribution in [0.25, 0.3) is 0 Å². The molecule has 6 heteroatoms. The van der Waals surface area contributed by atoms with E-state index in [0.29, 0.717) is 10.7 Å². The van der Waals surface area contributed by atoms with Crippen LogP contribution in [0.2, 0.25) is 0 Å². The predicted octanol–water partition coefficient (Wildman–Crippen LogP) is 3.52. The third-order valence-corrected chi connectivity index (χ3v) is 3.68. The van der Waals surface area contributed by atoms with Gasteiger partial charge in [-0.15, -0.1) is 11.3 Å². The molecule has 0 saturated carbocycles. The zero-order valence-corrected chi connectivity index (χ0v) is 13.5. The van der Waals surface area contributed by atoms with E-state index in [1.54, 1.807) is 18.5 Å². The Kier molecular flexibility index (Phi) is 4.57. The normalized spacial score (nSPS) is 11.2. The molecule has 0 bridgehead atoms. The summed E-state index contributed by atoms with van der Waals surface area (Å²) in [5.41, 5.74) is 2.24. The average molecular weight is 304 g/mol. The maximum atomic E-state index is 12.3. The fourth-order valence-electron chi connectivity index (χ4n) is 1.76. The SMILES string of the molecule is CCNc1ccncc1C(=O)Nc1nc(C(C)(C)C)cs1. The van der Waals surface area contributed by atoms with Crippen LogP contribution < -0.4 is 10.6 Å². The third-order valence-electron chi connectivity index (χ3n) is 2.93. The second-order valence-corrected chi connectivity index (χ2v) is 6.55. The highest BCUT2D eigenvalue weighted by Gasteiger charge is 2.19. The Morgan fingerprint density at radius 1 is 1.38 bits per heavy atom. The van der Waals surface area contributed by atoms with E-state index >= 15 is 0 Å². The fraction of sp³-hybridized carbons (Fsp3) is 0.400. The number of amides is 1. The number of aromatic nitrogens is 2. The van der Waals surface area contributed by atoms with Crippen LogP contribution in [0.15, 0.2) is 23.8 Å². The standard InChI is InChI=1S/C15H20N4OS/c1-5-17-11-6-7-16-8-10(11)13(20)19-14-18-12(9-21-14)15(2,3)4/h6-9H,5H2,1-4H3,(H,16,17)(H,18,19,20). The van der Waals surface area contributed by atoms with Crippen LogP contribution in [0.5, 0.6) is 0 Å². The van der Waals surface area contributed by atoms with Crippen LogP contribution in [0.4, 0.5) is 10.8 Å². The van der Waals surface area contributed by atoms with Crippen molar-refractivity contribution in [3.63, 3.8) is 0 Å². The van der Waals surface area contributed by atoms with Gasteiger partial charge in [0.25, 0.3) is 5.91 Å². The van der Waals surface area contributed by atoms with E-state index in [2.05, 4.69) is 41.4 Å². The van der Waals surface area contributed by atoms with Crippen molar-refractivity contribution >= 4 is 28.1 Å². The monoisotopic (exact) mass is 304 g/mol. The van der Waals surface area contributed by atoms with Crippen molar-refractivity contribution in [2.75, 3.05) is 17.2 Å². The molecule has 2 aromatic rings. The highest BCUT2D eigenvalue weighted by molar-refractivity contribution is 7.14. The van der Waals surface area contributed by atoms with Gasteiger partial charge >= 0.3 is 0 Å². The highest BCUT2D eigenvalue weighted by Crippen LogP contribution is 2.27. The molecule has 0 aliphatic rings. The highest BCUT2D eigenvalue weighted by atomic mass is 32.1. The molecular weight excluding hydrogens is 284 g/mol. The molecule has 2 heterocycles. The fourth-order valence-corrected chi connectivity index (χ4v) is 2.69. The molecule has 2 N–H and O–H groups in total. The smallest absolute Gasteiger partial charge is 0.261 e. The van der Waals surface area contributed by atoms with Crippen molar-refractivity contribution in [2.24, 2.45) is 0 Å². The van der Waals surface area contributed by atoms with E-state index in [9.17, 15) is 4.79 Å². The lowest BCUT2D eigenvalue weighted by atomic mass is 9.93. The first-order chi connectivity index (χ1) is 9.91. The zero-order chi connectivity index (χ0) is 15.5. The number of pyridine rings is 1. The first-order valence-corrected chi connectivity index (χ1v) is 7.75. The lowest BCUT2D eigenvalue weighted by Crippen LogP contribution is -2.16. The molecule has 0 atom stereocenters. The minimum Gasteiger partial charge on any atom is -0.385 e. The zero-order valence-electron chi connectivity index (χ0n) is 12.7. The predicted molar refractivity (Wildman–Crippen MR) is 87.2 cm³/mol. The number of thiazole rings is 1. The molecule has 0 fully saturated rings. The van der Waals surface area contributed by atoms with Gasteiger partial charge in [-0.2, -0.15) is 0 Å². The number of nitrogens with one attached hydrogen (secondary N) is 2. The molecule has 0 aromatic carbocycles. The van der Waals surface area contributed by atoms with Crippen LogP contribution in [-0.4, -0.2) is 22.4 Å². The van der Waals surface area contributed by atoms with Crippen molar-refractivity contribution in [2.45, 2.75) is 33.1 Å². The quantitative estimate of drug-likeness (QED) is 0.907. The second kappa shape index (κ2) is 6.22. The molecule has 2 rings (SSSR count). The molecule has 0 aliphatic carbocycles. The Balaban J connectivity index is 2.17. The van der Waals surface area contributed by atoms with E-state index in [4.69, 9.17) is 0 Å². The minimum atomic E-state index is -0.200. The van der Waals surface area contributed by atoms with Crippen LogP contribution in [-0.2, 0) is 5.41 Å². The van der Waals surface area contributed by atoms with Gasteiger partial charge in [0.1, 0.15) is 0 Å². The van der Waals surface area contributed by atoms with Crippen molar-refractivity contribution in [3.8, 4) is 0 Å². The van der Waals surface area contributed by atoms with Gasteiger partial charge in [-0.1, -0.05) is 20.8 Å². The number of nitrogens with zero attached hydrogens (tertiary/aromatic N) is 2. The molecule has 0 unspecified atom stereocenters. The Hall–Kier alpha value is -1.95. The largest absolute Gasteiger partial charge is 0.385 e. The molecule has 0 saturated heterocycles. The molecule has 2 aromatic heterocycles. The summed E-state index contributed by atoms with van der Waals surface area (Å²) in [6.45, 7) is 9.02. The molecule has 0 radical (unpaired) electrons. The van der Waals surface area contributed by atoms with E-state index in [1.165, 1.54) is 11.3 Å². The third kappa shape index (κ3) is 3.78. The number of hydrogen-bond acceptors (Lipinski definition) is 5. The average Bonchev–Trinajstić information content (AvgIpc) is 2.88. The van der Waals surface area contributed by atoms with Crippen molar-refractivity contribution in [3.05, 3.63) is 35.1 Å². The lowest BCUT2D eigenvalue weighted by molar-refractivity contribution is 0.102. The summed E-state index contributed by atoms with van der Waals surface area (Å²) in [4.78, 5) is 20.8. The molecular formula is C15H20N4OS. The lowest BCUT2D eigenvalue weighted by Gasteiger charge is -2.14. The molecule has 0 aliphatic heterocycles. The maximum Gasteiger partial charge on any atom is 0.261 e. The summed E-state index contributed by atoms with van der Waals surface area (Å²) in [5, 5.41) is 8.58. The van der Waals surface area contributed by atoms with Gasteiger partial charge < -0.3 is 5.32 Å². The Morgan fingerprint density at radius 2 is 2.14 bits per heavy atom. The van der Waals surface area contributed by atoms with Crippen molar-refractivity contribution in [1.82, 2.24) is 9.97 Å². The van der Waals surface area contributed by atoms with Gasteiger partial charge in [0.2, 0.25) is 0 Å². The Labute approximate surface area is 128 Å². The van der Waals surface area contributed by atoms with Gasteiger partial charge in [0.15, 0.2) is 5.13 Å². The van der Waals surface area contributed by atoms with Crippen LogP contribution in [0, 0.1) is 0 Å². The van der Waals surface area contributed by atoms with Crippen LogP contribution in [0.3, 0.4) is 0 Å². The van der Waals surface area contributed by atoms with Crippen molar-refractivity contribution < 1.29 is 4.79 Å². The van der Waals surface area contributed by atoms with Gasteiger partial charge in [-0.25, -0.2) is 4.98 Å². The molecule has 21 heavy (non-hydrogen) atoms. The molecule has 112 valence electrons. The molecule has 0 spiro atoms. The van der Waals surface area contributed by atoms with E-state index in [-0.39, 0.29) is 11.3 Å². The minimum absolute atomic E-state index is 0.0251. The van der Waals surface area contributed by atoms with E-state index < -0.39 is 0 Å². The topological polar surface area (TPSA) is 66.9 Å². The molecule has 5 nitrogen and oxygen atoms in total. The van der Waals surface area contributed by atoms with Crippen LogP contribution in [0.1, 0.15) is 43.7 Å². The van der Waals surface area contributed by atoms with E-state index in [0.717, 1.165) is 17.9 Å². The number of rotatable bonds is 4. The summed E-state index contributed by atoms with van der Waals surface area (Å²) in [7, 11) is 0. The van der Waals surface area contributed by atoms with Gasteiger partial charge in [0, 0.05) is 29.7 Å². The maximum absolute atomic E-state index is 12.3. The van der Waals surface area contributed by atoms with Gasteiger partial charge in [-0.3, -0.25) is 15.1 Å². The summed E-state index contributed by atoms with van der Waals surface area (Å²) < 4.78 is 0. The summed E-state index contributed by atoms with van der Waals surface area (Å²) in [6, 6.07) is 1.79. The number of anilines is 2. The van der Waals surface area contributed by atoms with Crippen molar-refractivity contribution in [1.29, 1.82) is 0 Å². The summed E-state index contributed by atoms with van der Waals surface area (Å²) in [5.74, 6) is -0.200. The number of carbonyl (C=O) groups excluding carboxylic acids is 1. The number of hydrogen-bond donors (Lipinski definition) is 2. The summed E-state index contributed by atoms with van der Waals surface area (Å²) >= 11 is 1.43. The summed E-state index contributed by atoms with van der Waals surface area (Å²) in [6.07, 6.45) is 3.22. The second-order valence-electron chi connectivity index (χ2n) is 5.69. The first kappa shape index (κ1) is 15.4.